The lowest BCUT2D eigenvalue weighted by atomic mass is 10.0. The fourth-order valence-corrected chi connectivity index (χ4v) is 4.44. The average Bonchev–Trinajstić information content (AvgIpc) is 2.92. The minimum atomic E-state index is -0.970. The molecule has 0 unspecified atom stereocenters. The molecule has 9 heteroatoms. The molecule has 0 aliphatic heterocycles. The number of phenols is 2. The Labute approximate surface area is 214 Å². The molecule has 0 bridgehead atoms. The molecule has 6 aromatic rings. The summed E-state index contributed by atoms with van der Waals surface area (Å²) < 4.78 is 29.0. The van der Waals surface area contributed by atoms with Crippen molar-refractivity contribution in [3.63, 3.8) is 0 Å². The van der Waals surface area contributed by atoms with Crippen LogP contribution in [0.1, 0.15) is 5.56 Å². The van der Waals surface area contributed by atoms with Crippen LogP contribution in [-0.4, -0.2) is 29.4 Å². The Kier molecular flexibility index (Phi) is 6.12. The van der Waals surface area contributed by atoms with Crippen molar-refractivity contribution in [2.24, 2.45) is 0 Å². The maximum absolute atomic E-state index is 13.8. The average molecular weight is 515 g/mol. The van der Waals surface area contributed by atoms with E-state index in [0.717, 1.165) is 22.0 Å². The Morgan fingerprint density at radius 1 is 0.763 bits per heavy atom. The molecule has 2 aromatic heterocycles. The third kappa shape index (κ3) is 4.03. The molecule has 0 aliphatic rings. The molecule has 0 saturated heterocycles. The zero-order valence-electron chi connectivity index (χ0n) is 20.6. The van der Waals surface area contributed by atoms with Gasteiger partial charge in [-0.3, -0.25) is 4.79 Å². The summed E-state index contributed by atoms with van der Waals surface area (Å²) in [5.41, 5.74) is -0.0266. The lowest BCUT2D eigenvalue weighted by Gasteiger charge is -2.07. The minimum Gasteiger partial charge on any atom is -0.508 e. The molecular weight excluding hydrogens is 493 g/mol. The zero-order valence-corrected chi connectivity index (χ0v) is 20.6. The lowest BCUT2D eigenvalue weighted by Crippen LogP contribution is -2.06. The van der Waals surface area contributed by atoms with Gasteiger partial charge in [0.05, 0.1) is 30.5 Å². The first-order valence-corrected chi connectivity index (χ1v) is 11.5. The number of aromatic amines is 1. The number of rotatable bonds is 2. The molecule has 38 heavy (non-hydrogen) atoms. The number of aryl methyl sites for hydroxylation is 1. The van der Waals surface area contributed by atoms with Gasteiger partial charge in [-0.15, -0.1) is 0 Å². The summed E-state index contributed by atoms with van der Waals surface area (Å²) in [4.78, 5) is 26.9. The number of hydrogen-bond acceptors (Lipinski definition) is 7. The molecule has 8 nitrogen and oxygen atoms in total. The highest BCUT2D eigenvalue weighted by atomic mass is 19.1. The second-order valence-corrected chi connectivity index (χ2v) is 8.57. The number of pyridine rings is 1. The minimum absolute atomic E-state index is 0.0293. The standard InChI is InChI=1S/C15H13NO3.C14H9FO4/c1-18-9-3-5-11-12-6-4-10(19-2)8-14(12)16-15(17)13(11)7-9;1-6-9(16)4-2-7-8-3-5-10(17)12(15)13(8)19-14(18)11(6)7/h3-8H,1-2H3,(H,16,17);2-5,16-17H,1H3. The normalized spacial score (nSPS) is 11.1. The van der Waals surface area contributed by atoms with Gasteiger partial charge in [0.25, 0.3) is 5.56 Å². The van der Waals surface area contributed by atoms with Crippen LogP contribution in [0, 0.1) is 12.7 Å². The first kappa shape index (κ1) is 24.6. The Bertz CT molecular complexity index is 1990. The summed E-state index contributed by atoms with van der Waals surface area (Å²) in [6.45, 7) is 1.58. The molecule has 0 atom stereocenters. The number of methoxy groups -OCH3 is 2. The summed E-state index contributed by atoms with van der Waals surface area (Å²) in [7, 11) is 3.19. The molecular formula is C29H22FNO7. The van der Waals surface area contributed by atoms with E-state index in [1.807, 2.05) is 30.3 Å². The molecule has 6 rings (SSSR count). The van der Waals surface area contributed by atoms with Gasteiger partial charge >= 0.3 is 5.63 Å². The van der Waals surface area contributed by atoms with Gasteiger partial charge in [-0.05, 0) is 66.9 Å². The van der Waals surface area contributed by atoms with E-state index in [2.05, 4.69) is 4.98 Å². The fourth-order valence-electron chi connectivity index (χ4n) is 4.44. The predicted molar refractivity (Wildman–Crippen MR) is 143 cm³/mol. The summed E-state index contributed by atoms with van der Waals surface area (Å²) >= 11 is 0. The summed E-state index contributed by atoms with van der Waals surface area (Å²) in [6.07, 6.45) is 0. The topological polar surface area (TPSA) is 122 Å². The van der Waals surface area contributed by atoms with Crippen molar-refractivity contribution in [2.75, 3.05) is 14.2 Å². The second kappa shape index (κ2) is 9.44. The van der Waals surface area contributed by atoms with Crippen LogP contribution in [0.25, 0.3) is 43.4 Å². The number of fused-ring (bicyclic) bond motifs is 6. The Morgan fingerprint density at radius 3 is 2.08 bits per heavy atom. The third-order valence-corrected chi connectivity index (χ3v) is 6.44. The first-order chi connectivity index (χ1) is 18.2. The number of benzene rings is 4. The molecule has 192 valence electrons. The first-order valence-electron chi connectivity index (χ1n) is 11.5. The van der Waals surface area contributed by atoms with Crippen molar-refractivity contribution in [1.29, 1.82) is 0 Å². The quantitative estimate of drug-likeness (QED) is 0.206. The van der Waals surface area contributed by atoms with Gasteiger partial charge in [0, 0.05) is 27.8 Å². The zero-order chi connectivity index (χ0) is 27.1. The summed E-state index contributed by atoms with van der Waals surface area (Å²) in [5, 5.41) is 22.5. The molecule has 0 aliphatic carbocycles. The maximum atomic E-state index is 13.8. The van der Waals surface area contributed by atoms with E-state index in [1.165, 1.54) is 24.3 Å². The summed E-state index contributed by atoms with van der Waals surface area (Å²) in [6, 6.07) is 16.8. The Balaban J connectivity index is 0.000000155. The molecule has 0 spiro atoms. The number of nitrogens with one attached hydrogen (secondary N) is 1. The van der Waals surface area contributed by atoms with Crippen LogP contribution in [0.15, 0.2) is 74.7 Å². The van der Waals surface area contributed by atoms with Crippen molar-refractivity contribution in [1.82, 2.24) is 4.98 Å². The van der Waals surface area contributed by atoms with Gasteiger partial charge in [-0.25, -0.2) is 4.79 Å². The number of phenolic OH excluding ortho intramolecular Hbond substituents is 2. The number of aromatic hydroxyl groups is 2. The van der Waals surface area contributed by atoms with E-state index in [-0.39, 0.29) is 22.3 Å². The lowest BCUT2D eigenvalue weighted by molar-refractivity contribution is 0.415. The highest BCUT2D eigenvalue weighted by molar-refractivity contribution is 6.07. The molecule has 4 aromatic carbocycles. The Hall–Kier alpha value is -5.05. The second-order valence-electron chi connectivity index (χ2n) is 8.57. The van der Waals surface area contributed by atoms with Gasteiger partial charge in [-0.2, -0.15) is 4.39 Å². The third-order valence-electron chi connectivity index (χ3n) is 6.44. The van der Waals surface area contributed by atoms with E-state index < -0.39 is 17.2 Å². The van der Waals surface area contributed by atoms with Crippen LogP contribution in [0.4, 0.5) is 4.39 Å². The molecule has 3 N–H and O–H groups in total. The smallest absolute Gasteiger partial charge is 0.344 e. The van der Waals surface area contributed by atoms with Gasteiger partial charge in [-0.1, -0.05) is 0 Å². The maximum Gasteiger partial charge on any atom is 0.344 e. The van der Waals surface area contributed by atoms with Crippen LogP contribution in [0.2, 0.25) is 0 Å². The SMILES string of the molecule is COc1ccc2c(c1)[nH]c(=O)c1cc(OC)ccc12.Cc1c(O)ccc2c1c(=O)oc1c(F)c(O)ccc12. The van der Waals surface area contributed by atoms with Crippen LogP contribution in [0.5, 0.6) is 23.0 Å². The van der Waals surface area contributed by atoms with E-state index in [4.69, 9.17) is 13.9 Å². The molecule has 0 fully saturated rings. The van der Waals surface area contributed by atoms with Gasteiger partial charge in [0.2, 0.25) is 5.82 Å². The van der Waals surface area contributed by atoms with Gasteiger partial charge < -0.3 is 29.1 Å². The van der Waals surface area contributed by atoms with Crippen molar-refractivity contribution >= 4 is 43.4 Å². The highest BCUT2D eigenvalue weighted by Gasteiger charge is 2.16. The number of ether oxygens (including phenoxy) is 2. The molecule has 0 amide bonds. The largest absolute Gasteiger partial charge is 0.508 e. The van der Waals surface area contributed by atoms with Crippen molar-refractivity contribution in [2.45, 2.75) is 6.92 Å². The van der Waals surface area contributed by atoms with E-state index in [0.29, 0.717) is 27.5 Å². The van der Waals surface area contributed by atoms with Crippen molar-refractivity contribution in [3.8, 4) is 23.0 Å². The Morgan fingerprint density at radius 2 is 1.37 bits per heavy atom. The van der Waals surface area contributed by atoms with Crippen LogP contribution in [-0.2, 0) is 0 Å². The predicted octanol–water partition coefficient (Wildman–Crippen LogP) is 5.50. The van der Waals surface area contributed by atoms with E-state index >= 15 is 0 Å². The van der Waals surface area contributed by atoms with Crippen molar-refractivity contribution in [3.05, 3.63) is 92.8 Å². The number of H-pyrrole nitrogens is 1. The van der Waals surface area contributed by atoms with Crippen LogP contribution in [0.3, 0.4) is 0 Å². The number of aromatic nitrogens is 1. The van der Waals surface area contributed by atoms with Crippen LogP contribution < -0.4 is 20.7 Å². The number of halogens is 1. The summed E-state index contributed by atoms with van der Waals surface area (Å²) in [5.74, 6) is -0.187. The molecule has 0 radical (unpaired) electrons. The van der Waals surface area contributed by atoms with E-state index in [9.17, 15) is 24.2 Å². The molecule has 2 heterocycles. The number of hydrogen-bond donors (Lipinski definition) is 3. The monoisotopic (exact) mass is 515 g/mol. The van der Waals surface area contributed by atoms with Crippen molar-refractivity contribution < 1.29 is 28.5 Å². The fraction of sp³-hybridized carbons (Fsp3) is 0.103. The van der Waals surface area contributed by atoms with Crippen LogP contribution >= 0.6 is 0 Å². The molecule has 0 saturated carbocycles. The van der Waals surface area contributed by atoms with E-state index in [1.54, 1.807) is 27.2 Å². The van der Waals surface area contributed by atoms with Gasteiger partial charge in [0.15, 0.2) is 11.3 Å². The van der Waals surface area contributed by atoms with Gasteiger partial charge in [0.1, 0.15) is 17.2 Å². The highest BCUT2D eigenvalue weighted by Crippen LogP contribution is 2.33.